The van der Waals surface area contributed by atoms with Gasteiger partial charge in [-0.2, -0.15) is 4.98 Å². The summed E-state index contributed by atoms with van der Waals surface area (Å²) in [4.78, 5) is 27.6. The largest absolute Gasteiger partial charge is 0.347 e. The van der Waals surface area contributed by atoms with Crippen molar-refractivity contribution in [1.29, 1.82) is 0 Å². The zero-order chi connectivity index (χ0) is 21.8. The molecule has 158 valence electrons. The highest BCUT2D eigenvalue weighted by molar-refractivity contribution is 8.00. The average Bonchev–Trinajstić information content (AvgIpc) is 3.20. The number of carbonyl (C=O) groups is 1. The van der Waals surface area contributed by atoms with Crippen molar-refractivity contribution < 1.29 is 9.18 Å². The number of anilines is 2. The predicted octanol–water partition coefficient (Wildman–Crippen LogP) is 4.90. The third-order valence-corrected chi connectivity index (χ3v) is 6.76. The molecule has 0 saturated carbocycles. The molecule has 0 spiro atoms. The fraction of sp³-hybridized carbons (Fsp3) is 0.182. The standard InChI is InChI=1S/C22H20FN5OS2/c1-14-8-9-17(16(23)10-14)26-18(29)12-30-21-19-20(24-13-25-21)27-22(31-19)28(2)11-15-6-4-3-5-7-15/h3-10,13H,11-12H2,1-2H3,(H,26,29). The van der Waals surface area contributed by atoms with Crippen molar-refractivity contribution in [3.63, 3.8) is 0 Å². The molecule has 1 amide bonds. The van der Waals surface area contributed by atoms with Crippen LogP contribution in [0.15, 0.2) is 59.9 Å². The summed E-state index contributed by atoms with van der Waals surface area (Å²) in [5, 5.41) is 4.12. The Morgan fingerprint density at radius 1 is 1.19 bits per heavy atom. The number of thioether (sulfide) groups is 1. The summed E-state index contributed by atoms with van der Waals surface area (Å²) in [7, 11) is 1.98. The minimum absolute atomic E-state index is 0.104. The number of benzene rings is 2. The summed E-state index contributed by atoms with van der Waals surface area (Å²) in [6.45, 7) is 2.52. The van der Waals surface area contributed by atoms with Crippen LogP contribution < -0.4 is 10.2 Å². The smallest absolute Gasteiger partial charge is 0.234 e. The van der Waals surface area contributed by atoms with E-state index in [0.29, 0.717) is 10.7 Å². The third kappa shape index (κ3) is 5.18. The van der Waals surface area contributed by atoms with Gasteiger partial charge in [0, 0.05) is 13.6 Å². The first-order chi connectivity index (χ1) is 15.0. The Bertz CT molecular complexity index is 1220. The van der Waals surface area contributed by atoms with Crippen LogP contribution in [-0.2, 0) is 11.3 Å². The van der Waals surface area contributed by atoms with Gasteiger partial charge in [0.1, 0.15) is 21.9 Å². The lowest BCUT2D eigenvalue weighted by atomic mass is 10.2. The van der Waals surface area contributed by atoms with Crippen molar-refractivity contribution >= 4 is 50.2 Å². The van der Waals surface area contributed by atoms with E-state index in [0.717, 1.165) is 21.9 Å². The Balaban J connectivity index is 1.45. The molecule has 9 heteroatoms. The lowest BCUT2D eigenvalue weighted by molar-refractivity contribution is -0.113. The number of aryl methyl sites for hydroxylation is 1. The molecule has 2 aromatic carbocycles. The number of fused-ring (bicyclic) bond motifs is 1. The lowest BCUT2D eigenvalue weighted by Crippen LogP contribution is -2.15. The monoisotopic (exact) mass is 453 g/mol. The molecule has 0 radical (unpaired) electrons. The maximum atomic E-state index is 14.0. The van der Waals surface area contributed by atoms with Gasteiger partial charge >= 0.3 is 0 Å². The first-order valence-electron chi connectivity index (χ1n) is 9.55. The second-order valence-electron chi connectivity index (χ2n) is 6.99. The summed E-state index contributed by atoms with van der Waals surface area (Å²) >= 11 is 2.77. The number of nitrogens with one attached hydrogen (secondary N) is 1. The van der Waals surface area contributed by atoms with Crippen LogP contribution in [-0.4, -0.2) is 33.7 Å². The lowest BCUT2D eigenvalue weighted by Gasteiger charge is -2.15. The molecule has 0 fully saturated rings. The molecule has 1 N–H and O–H groups in total. The highest BCUT2D eigenvalue weighted by Gasteiger charge is 2.15. The fourth-order valence-electron chi connectivity index (χ4n) is 2.96. The quantitative estimate of drug-likeness (QED) is 0.317. The molecule has 0 saturated heterocycles. The van der Waals surface area contributed by atoms with E-state index in [4.69, 9.17) is 0 Å². The number of aromatic nitrogens is 3. The number of thiazole rings is 1. The van der Waals surface area contributed by atoms with Gasteiger partial charge in [-0.25, -0.2) is 14.4 Å². The molecule has 0 unspecified atom stereocenters. The summed E-state index contributed by atoms with van der Waals surface area (Å²) in [6, 6.07) is 14.9. The molecule has 2 aromatic heterocycles. The molecule has 4 rings (SSSR count). The second kappa shape index (κ2) is 9.40. The number of halogens is 1. The SMILES string of the molecule is Cc1ccc(NC(=O)CSc2ncnc3nc(N(C)Cc4ccccc4)sc23)c(F)c1. The number of nitrogens with zero attached hydrogens (tertiary/aromatic N) is 4. The normalized spacial score (nSPS) is 10.9. The van der Waals surface area contributed by atoms with Crippen LogP contribution in [0.25, 0.3) is 10.3 Å². The highest BCUT2D eigenvalue weighted by Crippen LogP contribution is 2.33. The van der Waals surface area contributed by atoms with E-state index in [1.165, 1.54) is 41.1 Å². The topological polar surface area (TPSA) is 71.0 Å². The van der Waals surface area contributed by atoms with Crippen LogP contribution in [0.1, 0.15) is 11.1 Å². The van der Waals surface area contributed by atoms with Crippen LogP contribution >= 0.6 is 23.1 Å². The van der Waals surface area contributed by atoms with E-state index in [1.807, 2.05) is 25.2 Å². The molecular weight excluding hydrogens is 433 g/mol. The molecule has 0 aliphatic rings. The van der Waals surface area contributed by atoms with Gasteiger partial charge in [0.15, 0.2) is 10.8 Å². The zero-order valence-corrected chi connectivity index (χ0v) is 18.6. The predicted molar refractivity (Wildman–Crippen MR) is 124 cm³/mol. The number of amides is 1. The maximum absolute atomic E-state index is 14.0. The summed E-state index contributed by atoms with van der Waals surface area (Å²) in [5.74, 6) is -0.645. The van der Waals surface area contributed by atoms with Crippen molar-refractivity contribution in [2.24, 2.45) is 0 Å². The molecule has 0 aliphatic heterocycles. The zero-order valence-electron chi connectivity index (χ0n) is 17.0. The van der Waals surface area contributed by atoms with Crippen LogP contribution in [0.3, 0.4) is 0 Å². The van der Waals surface area contributed by atoms with Crippen molar-refractivity contribution in [2.45, 2.75) is 18.5 Å². The molecule has 31 heavy (non-hydrogen) atoms. The summed E-state index contributed by atoms with van der Waals surface area (Å²) in [5.41, 5.74) is 2.76. The van der Waals surface area contributed by atoms with Gasteiger partial charge in [0.05, 0.1) is 11.4 Å². The molecular formula is C22H20FN5OS2. The number of carbonyl (C=O) groups excluding carboxylic acids is 1. The van der Waals surface area contributed by atoms with Crippen molar-refractivity contribution in [2.75, 3.05) is 23.0 Å². The van der Waals surface area contributed by atoms with Gasteiger partial charge < -0.3 is 10.2 Å². The molecule has 0 aliphatic carbocycles. The molecule has 4 aromatic rings. The van der Waals surface area contributed by atoms with Crippen molar-refractivity contribution in [3.05, 3.63) is 71.8 Å². The second-order valence-corrected chi connectivity index (χ2v) is 8.93. The van der Waals surface area contributed by atoms with E-state index < -0.39 is 5.82 Å². The number of rotatable bonds is 7. The highest BCUT2D eigenvalue weighted by atomic mass is 32.2. The van der Waals surface area contributed by atoms with Gasteiger partial charge in [0.25, 0.3) is 0 Å². The molecule has 2 heterocycles. The Morgan fingerprint density at radius 3 is 2.77 bits per heavy atom. The Morgan fingerprint density at radius 2 is 2.00 bits per heavy atom. The van der Waals surface area contributed by atoms with E-state index in [1.54, 1.807) is 19.1 Å². The molecule has 0 atom stereocenters. The van der Waals surface area contributed by atoms with E-state index in [2.05, 4.69) is 37.3 Å². The van der Waals surface area contributed by atoms with E-state index in [-0.39, 0.29) is 17.3 Å². The van der Waals surface area contributed by atoms with Gasteiger partial charge in [-0.1, -0.05) is 59.5 Å². The number of hydrogen-bond donors (Lipinski definition) is 1. The minimum Gasteiger partial charge on any atom is -0.347 e. The molecule has 6 nitrogen and oxygen atoms in total. The van der Waals surface area contributed by atoms with Crippen molar-refractivity contribution in [1.82, 2.24) is 15.0 Å². The maximum Gasteiger partial charge on any atom is 0.234 e. The Labute approximate surface area is 187 Å². The molecule has 0 bridgehead atoms. The van der Waals surface area contributed by atoms with Gasteiger partial charge in [-0.05, 0) is 30.2 Å². The van der Waals surface area contributed by atoms with Gasteiger partial charge in [-0.3, -0.25) is 4.79 Å². The van der Waals surface area contributed by atoms with Crippen LogP contribution in [0.5, 0.6) is 0 Å². The fourth-order valence-corrected chi connectivity index (χ4v) is 4.81. The van der Waals surface area contributed by atoms with Crippen LogP contribution in [0.2, 0.25) is 0 Å². The number of hydrogen-bond acceptors (Lipinski definition) is 7. The van der Waals surface area contributed by atoms with Crippen molar-refractivity contribution in [3.8, 4) is 0 Å². The van der Waals surface area contributed by atoms with E-state index >= 15 is 0 Å². The first kappa shape index (κ1) is 21.2. The van der Waals surface area contributed by atoms with Gasteiger partial charge in [-0.15, -0.1) is 0 Å². The van der Waals surface area contributed by atoms with E-state index in [9.17, 15) is 9.18 Å². The first-order valence-corrected chi connectivity index (χ1v) is 11.3. The van der Waals surface area contributed by atoms with Crippen LogP contribution in [0.4, 0.5) is 15.2 Å². The average molecular weight is 454 g/mol. The minimum atomic E-state index is -0.448. The van der Waals surface area contributed by atoms with Crippen LogP contribution in [0, 0.1) is 12.7 Å². The summed E-state index contributed by atoms with van der Waals surface area (Å²) in [6.07, 6.45) is 1.45. The van der Waals surface area contributed by atoms with Gasteiger partial charge in [0.2, 0.25) is 5.91 Å². The third-order valence-electron chi connectivity index (χ3n) is 4.48. The Kier molecular flexibility index (Phi) is 6.43. The summed E-state index contributed by atoms with van der Waals surface area (Å²) < 4.78 is 14.8. The Hall–Kier alpha value is -3.04.